The molecule has 0 rings (SSSR count). The number of nitrogens with two attached hydrogens (primary N) is 1. The molecule has 2 unspecified atom stereocenters. The summed E-state index contributed by atoms with van der Waals surface area (Å²) in [5, 5.41) is 10.0. The summed E-state index contributed by atoms with van der Waals surface area (Å²) in [6.45, 7) is 7.14. The van der Waals surface area contributed by atoms with Crippen molar-refractivity contribution in [1.29, 1.82) is 0 Å². The molecule has 3 heteroatoms. The maximum atomic E-state index is 10.0. The first-order valence-electron chi connectivity index (χ1n) is 4.86. The first-order valence-corrected chi connectivity index (χ1v) is 4.86. The lowest BCUT2D eigenvalue weighted by molar-refractivity contribution is -0.0395. The van der Waals surface area contributed by atoms with Crippen molar-refractivity contribution < 1.29 is 9.84 Å². The number of methoxy groups -OCH3 is 1. The van der Waals surface area contributed by atoms with E-state index in [1.807, 2.05) is 20.8 Å². The van der Waals surface area contributed by atoms with Crippen LogP contribution in [0.4, 0.5) is 0 Å². The van der Waals surface area contributed by atoms with Gasteiger partial charge in [-0.15, -0.1) is 0 Å². The van der Waals surface area contributed by atoms with Gasteiger partial charge in [0.05, 0.1) is 12.7 Å². The highest BCUT2D eigenvalue weighted by molar-refractivity contribution is 4.83. The Morgan fingerprint density at radius 2 is 2.00 bits per heavy atom. The molecule has 3 nitrogen and oxygen atoms in total. The fraction of sp³-hybridized carbons (Fsp3) is 1.00. The van der Waals surface area contributed by atoms with Crippen molar-refractivity contribution in [3.05, 3.63) is 0 Å². The van der Waals surface area contributed by atoms with Gasteiger partial charge in [-0.2, -0.15) is 0 Å². The van der Waals surface area contributed by atoms with Crippen molar-refractivity contribution in [2.24, 2.45) is 17.1 Å². The Labute approximate surface area is 81.3 Å². The number of hydrogen-bond donors (Lipinski definition) is 2. The van der Waals surface area contributed by atoms with Crippen LogP contribution in [0.3, 0.4) is 0 Å². The third-order valence-electron chi connectivity index (χ3n) is 2.59. The molecular weight excluding hydrogens is 166 g/mol. The largest absolute Gasteiger partial charge is 0.392 e. The zero-order chi connectivity index (χ0) is 10.5. The average molecular weight is 189 g/mol. The van der Waals surface area contributed by atoms with Gasteiger partial charge in [-0.25, -0.2) is 0 Å². The zero-order valence-corrected chi connectivity index (χ0v) is 9.21. The first-order chi connectivity index (χ1) is 5.99. The molecule has 0 aliphatic rings. The van der Waals surface area contributed by atoms with E-state index in [4.69, 9.17) is 10.5 Å². The molecule has 0 bridgehead atoms. The molecule has 0 heterocycles. The normalized spacial score (nSPS) is 17.1. The highest BCUT2D eigenvalue weighted by Crippen LogP contribution is 2.27. The lowest BCUT2D eigenvalue weighted by Crippen LogP contribution is -2.41. The van der Waals surface area contributed by atoms with Crippen molar-refractivity contribution in [3.63, 3.8) is 0 Å². The number of ether oxygens (including phenoxy) is 1. The molecule has 0 saturated heterocycles. The molecule has 0 saturated carbocycles. The van der Waals surface area contributed by atoms with Crippen LogP contribution in [-0.4, -0.2) is 31.5 Å². The second-order valence-corrected chi connectivity index (χ2v) is 4.27. The molecule has 0 aromatic heterocycles. The maximum Gasteiger partial charge on any atom is 0.0653 e. The Morgan fingerprint density at radius 3 is 2.31 bits per heavy atom. The van der Waals surface area contributed by atoms with Gasteiger partial charge in [0.1, 0.15) is 0 Å². The topological polar surface area (TPSA) is 55.5 Å². The first kappa shape index (κ1) is 12.9. The molecular formula is C10H23NO2. The van der Waals surface area contributed by atoms with Crippen molar-refractivity contribution in [3.8, 4) is 0 Å². The van der Waals surface area contributed by atoms with E-state index in [2.05, 4.69) is 0 Å². The molecule has 0 radical (unpaired) electrons. The minimum absolute atomic E-state index is 0.171. The summed E-state index contributed by atoms with van der Waals surface area (Å²) in [4.78, 5) is 0. The lowest BCUT2D eigenvalue weighted by atomic mass is 9.79. The van der Waals surface area contributed by atoms with E-state index in [1.54, 1.807) is 7.11 Å². The van der Waals surface area contributed by atoms with Crippen LogP contribution in [0.1, 0.15) is 27.2 Å². The summed E-state index contributed by atoms with van der Waals surface area (Å²) in [6.07, 6.45) is 0.521. The van der Waals surface area contributed by atoms with Gasteiger partial charge in [0.15, 0.2) is 0 Å². The van der Waals surface area contributed by atoms with Crippen LogP contribution in [0.25, 0.3) is 0 Å². The molecule has 0 aliphatic carbocycles. The van der Waals surface area contributed by atoms with Crippen LogP contribution in [0, 0.1) is 11.3 Å². The zero-order valence-electron chi connectivity index (χ0n) is 9.21. The predicted octanol–water partition coefficient (Wildman–Crippen LogP) is 1.00. The van der Waals surface area contributed by atoms with Gasteiger partial charge < -0.3 is 15.6 Å². The van der Waals surface area contributed by atoms with Crippen LogP contribution >= 0.6 is 0 Å². The van der Waals surface area contributed by atoms with Gasteiger partial charge in [0, 0.05) is 12.5 Å². The lowest BCUT2D eigenvalue weighted by Gasteiger charge is -2.34. The van der Waals surface area contributed by atoms with Crippen LogP contribution in [0.15, 0.2) is 0 Å². The van der Waals surface area contributed by atoms with E-state index < -0.39 is 0 Å². The van der Waals surface area contributed by atoms with E-state index in [1.165, 1.54) is 0 Å². The van der Waals surface area contributed by atoms with Crippen LogP contribution in [0.5, 0.6) is 0 Å². The fourth-order valence-corrected chi connectivity index (χ4v) is 1.61. The summed E-state index contributed by atoms with van der Waals surface area (Å²) in [6, 6.07) is 0. The number of aliphatic hydroxyl groups excluding tert-OH is 1. The van der Waals surface area contributed by atoms with Gasteiger partial charge in [-0.1, -0.05) is 20.8 Å². The molecule has 0 amide bonds. The second-order valence-electron chi connectivity index (χ2n) is 4.27. The molecule has 2 atom stereocenters. The Balaban J connectivity index is 4.26. The maximum absolute atomic E-state index is 10.0. The van der Waals surface area contributed by atoms with Crippen LogP contribution in [-0.2, 0) is 4.74 Å². The van der Waals surface area contributed by atoms with E-state index in [9.17, 15) is 5.11 Å². The van der Waals surface area contributed by atoms with E-state index >= 15 is 0 Å². The predicted molar refractivity (Wildman–Crippen MR) is 54.5 cm³/mol. The molecule has 3 N–H and O–H groups in total. The summed E-state index contributed by atoms with van der Waals surface area (Å²) < 4.78 is 5.07. The average Bonchev–Trinajstić information content (AvgIpc) is 2.06. The van der Waals surface area contributed by atoms with Gasteiger partial charge in [-0.3, -0.25) is 0 Å². The summed E-state index contributed by atoms with van der Waals surface area (Å²) in [7, 11) is 1.65. The Kier molecular flexibility index (Phi) is 5.53. The standard InChI is InChI=1S/C10H23NO2/c1-5-8(6-11)9(12)10(2,3)7-13-4/h8-9,12H,5-7,11H2,1-4H3. The number of aliphatic hydroxyl groups is 1. The fourth-order valence-electron chi connectivity index (χ4n) is 1.61. The Morgan fingerprint density at radius 1 is 1.46 bits per heavy atom. The Hall–Kier alpha value is -0.120. The second kappa shape index (κ2) is 5.58. The monoisotopic (exact) mass is 189 g/mol. The van der Waals surface area contributed by atoms with Gasteiger partial charge in [0.25, 0.3) is 0 Å². The van der Waals surface area contributed by atoms with Crippen molar-refractivity contribution >= 4 is 0 Å². The minimum Gasteiger partial charge on any atom is -0.392 e. The minimum atomic E-state index is -0.387. The summed E-state index contributed by atoms with van der Waals surface area (Å²) in [5.41, 5.74) is 5.36. The molecule has 0 aromatic carbocycles. The number of rotatable bonds is 6. The van der Waals surface area contributed by atoms with E-state index in [-0.39, 0.29) is 17.4 Å². The van der Waals surface area contributed by atoms with Gasteiger partial charge >= 0.3 is 0 Å². The smallest absolute Gasteiger partial charge is 0.0653 e. The Bertz CT molecular complexity index is 133. The highest BCUT2D eigenvalue weighted by Gasteiger charge is 2.32. The van der Waals surface area contributed by atoms with E-state index in [0.717, 1.165) is 6.42 Å². The molecule has 0 aliphatic heterocycles. The van der Waals surface area contributed by atoms with Gasteiger partial charge in [-0.05, 0) is 18.9 Å². The highest BCUT2D eigenvalue weighted by atomic mass is 16.5. The summed E-state index contributed by atoms with van der Waals surface area (Å²) >= 11 is 0. The third kappa shape index (κ3) is 3.63. The molecule has 0 fully saturated rings. The third-order valence-corrected chi connectivity index (χ3v) is 2.59. The quantitative estimate of drug-likeness (QED) is 0.655. The van der Waals surface area contributed by atoms with Crippen molar-refractivity contribution in [2.75, 3.05) is 20.3 Å². The molecule has 80 valence electrons. The van der Waals surface area contributed by atoms with Gasteiger partial charge in [0.2, 0.25) is 0 Å². The molecule has 13 heavy (non-hydrogen) atoms. The SMILES string of the molecule is CCC(CN)C(O)C(C)(C)COC. The van der Waals surface area contributed by atoms with Crippen LogP contribution in [0.2, 0.25) is 0 Å². The van der Waals surface area contributed by atoms with Crippen molar-refractivity contribution in [2.45, 2.75) is 33.3 Å². The summed E-state index contributed by atoms with van der Waals surface area (Å²) in [5.74, 6) is 0.171. The van der Waals surface area contributed by atoms with E-state index in [0.29, 0.717) is 13.2 Å². The van der Waals surface area contributed by atoms with Crippen LogP contribution < -0.4 is 5.73 Å². The van der Waals surface area contributed by atoms with Crippen molar-refractivity contribution in [1.82, 2.24) is 0 Å². The molecule has 0 aromatic rings. The number of hydrogen-bond acceptors (Lipinski definition) is 3. The molecule has 0 spiro atoms.